The zero-order chi connectivity index (χ0) is 27.2. The Hall–Kier alpha value is -4.30. The van der Waals surface area contributed by atoms with Gasteiger partial charge in [-0.25, -0.2) is 9.69 Å². The largest absolute Gasteiger partial charge is 0.493 e. The van der Waals surface area contributed by atoms with Crippen LogP contribution in [-0.2, 0) is 16.2 Å². The van der Waals surface area contributed by atoms with Crippen LogP contribution in [0.25, 0.3) is 6.08 Å². The quantitative estimate of drug-likeness (QED) is 0.280. The predicted molar refractivity (Wildman–Crippen MR) is 145 cm³/mol. The number of hydrogen-bond donors (Lipinski definition) is 1. The number of methoxy groups -OCH3 is 1. The summed E-state index contributed by atoms with van der Waals surface area (Å²) in [5.41, 5.74) is 2.66. The lowest BCUT2D eigenvalue weighted by molar-refractivity contribution is -0.122. The minimum atomic E-state index is -0.843. The van der Waals surface area contributed by atoms with Gasteiger partial charge in [-0.3, -0.25) is 14.9 Å². The number of halogens is 1. The Morgan fingerprint density at radius 1 is 0.974 bits per heavy atom. The maximum absolute atomic E-state index is 13.3. The van der Waals surface area contributed by atoms with Crippen molar-refractivity contribution >= 4 is 41.2 Å². The van der Waals surface area contributed by atoms with Gasteiger partial charge in [-0.15, -0.1) is 0 Å². The maximum Gasteiger partial charge on any atom is 0.335 e. The number of barbiturate groups is 1. The fourth-order valence-electron chi connectivity index (χ4n) is 3.77. The summed E-state index contributed by atoms with van der Waals surface area (Å²) in [5.74, 6) is -0.281. The molecule has 3 aromatic carbocycles. The van der Waals surface area contributed by atoms with Gasteiger partial charge in [0.25, 0.3) is 11.8 Å². The SMILES string of the molecule is CCCOc1c(Cl)cc(/C=C2\C(=O)NC(=O)N(c3ccc(OCc4ccc(C)cc4)cc3)C2=O)cc1OC. The van der Waals surface area contributed by atoms with Crippen LogP contribution in [0.2, 0.25) is 5.02 Å². The Balaban J connectivity index is 1.55. The number of carbonyl (C=O) groups excluding carboxylic acids is 3. The van der Waals surface area contributed by atoms with Crippen LogP contribution >= 0.6 is 11.6 Å². The van der Waals surface area contributed by atoms with Crippen LogP contribution in [0, 0.1) is 6.92 Å². The lowest BCUT2D eigenvalue weighted by atomic mass is 10.1. The summed E-state index contributed by atoms with van der Waals surface area (Å²) >= 11 is 6.38. The van der Waals surface area contributed by atoms with Crippen molar-refractivity contribution in [3.63, 3.8) is 0 Å². The Bertz CT molecular complexity index is 1380. The van der Waals surface area contributed by atoms with Crippen LogP contribution in [-0.4, -0.2) is 31.6 Å². The molecule has 0 bridgehead atoms. The lowest BCUT2D eigenvalue weighted by Crippen LogP contribution is -2.54. The standard InChI is InChI=1S/C29H27ClN2O6/c1-4-13-37-26-24(30)15-20(16-25(26)36-3)14-23-27(33)31-29(35)32(28(23)34)21-9-11-22(12-10-21)38-17-19-7-5-18(2)6-8-19/h5-12,14-16H,4,13,17H2,1-3H3,(H,31,33,35)/b23-14+. The molecule has 1 fully saturated rings. The number of hydrogen-bond acceptors (Lipinski definition) is 6. The highest BCUT2D eigenvalue weighted by Gasteiger charge is 2.37. The minimum absolute atomic E-state index is 0.232. The van der Waals surface area contributed by atoms with E-state index in [-0.39, 0.29) is 16.3 Å². The van der Waals surface area contributed by atoms with Crippen molar-refractivity contribution in [2.75, 3.05) is 18.6 Å². The predicted octanol–water partition coefficient (Wildman–Crippen LogP) is 5.69. The summed E-state index contributed by atoms with van der Waals surface area (Å²) in [6, 6.07) is 16.8. The molecule has 0 radical (unpaired) electrons. The third-order valence-corrected chi connectivity index (χ3v) is 6.02. The first-order valence-electron chi connectivity index (χ1n) is 12.0. The van der Waals surface area contributed by atoms with E-state index < -0.39 is 17.8 Å². The van der Waals surface area contributed by atoms with Crippen molar-refractivity contribution in [2.24, 2.45) is 0 Å². The molecular formula is C29H27ClN2O6. The van der Waals surface area contributed by atoms with E-state index in [1.807, 2.05) is 38.1 Å². The van der Waals surface area contributed by atoms with Gasteiger partial charge in [-0.1, -0.05) is 48.4 Å². The molecule has 9 heteroatoms. The van der Waals surface area contributed by atoms with Crippen LogP contribution in [0.5, 0.6) is 17.2 Å². The molecule has 0 atom stereocenters. The number of imide groups is 2. The van der Waals surface area contributed by atoms with Gasteiger partial charge in [0.15, 0.2) is 11.5 Å². The summed E-state index contributed by atoms with van der Waals surface area (Å²) in [6.45, 7) is 4.80. The number of aryl methyl sites for hydroxylation is 1. The molecule has 196 valence electrons. The molecule has 1 aliphatic heterocycles. The molecule has 0 aliphatic carbocycles. The molecule has 4 amide bonds. The number of rotatable bonds is 9. The Morgan fingerprint density at radius 2 is 1.68 bits per heavy atom. The summed E-state index contributed by atoms with van der Waals surface area (Å²) in [5, 5.41) is 2.48. The second-order valence-electron chi connectivity index (χ2n) is 8.61. The molecule has 8 nitrogen and oxygen atoms in total. The number of carbonyl (C=O) groups is 3. The van der Waals surface area contributed by atoms with E-state index in [0.717, 1.165) is 22.4 Å². The molecule has 0 aromatic heterocycles. The minimum Gasteiger partial charge on any atom is -0.493 e. The Kier molecular flexibility index (Phi) is 8.33. The van der Waals surface area contributed by atoms with Crippen LogP contribution in [0.15, 0.2) is 66.2 Å². The number of benzene rings is 3. The zero-order valence-electron chi connectivity index (χ0n) is 21.2. The first-order chi connectivity index (χ1) is 18.3. The third-order valence-electron chi connectivity index (χ3n) is 5.74. The van der Waals surface area contributed by atoms with Gasteiger partial charge in [0, 0.05) is 0 Å². The second kappa shape index (κ2) is 11.8. The lowest BCUT2D eigenvalue weighted by Gasteiger charge is -2.26. The molecule has 3 aromatic rings. The number of nitrogens with zero attached hydrogens (tertiary/aromatic N) is 1. The van der Waals surface area contributed by atoms with E-state index in [1.165, 1.54) is 13.2 Å². The number of urea groups is 1. The number of nitrogens with one attached hydrogen (secondary N) is 1. The zero-order valence-corrected chi connectivity index (χ0v) is 22.0. The molecule has 0 unspecified atom stereocenters. The van der Waals surface area contributed by atoms with Gasteiger partial charge >= 0.3 is 6.03 Å². The van der Waals surface area contributed by atoms with E-state index >= 15 is 0 Å². The van der Waals surface area contributed by atoms with Crippen molar-refractivity contribution in [3.8, 4) is 17.2 Å². The first-order valence-corrected chi connectivity index (χ1v) is 12.4. The van der Waals surface area contributed by atoms with Crippen LogP contribution in [0.1, 0.15) is 30.0 Å². The summed E-state index contributed by atoms with van der Waals surface area (Å²) in [7, 11) is 1.47. The molecule has 0 saturated carbocycles. The highest BCUT2D eigenvalue weighted by atomic mass is 35.5. The van der Waals surface area contributed by atoms with Gasteiger partial charge in [0.05, 0.1) is 24.4 Å². The van der Waals surface area contributed by atoms with Crippen LogP contribution in [0.4, 0.5) is 10.5 Å². The van der Waals surface area contributed by atoms with Crippen molar-refractivity contribution in [3.05, 3.63) is 87.9 Å². The molecule has 0 spiro atoms. The average Bonchev–Trinajstić information content (AvgIpc) is 2.90. The summed E-state index contributed by atoms with van der Waals surface area (Å²) < 4.78 is 16.8. The molecule has 1 saturated heterocycles. The molecule has 1 N–H and O–H groups in total. The first kappa shape index (κ1) is 26.8. The second-order valence-corrected chi connectivity index (χ2v) is 9.02. The van der Waals surface area contributed by atoms with Gasteiger partial charge in [-0.2, -0.15) is 0 Å². The van der Waals surface area contributed by atoms with E-state index in [1.54, 1.807) is 36.4 Å². The van der Waals surface area contributed by atoms with Gasteiger partial charge in [0.1, 0.15) is 17.9 Å². The molecule has 4 rings (SSSR count). The van der Waals surface area contributed by atoms with E-state index in [9.17, 15) is 14.4 Å². The van der Waals surface area contributed by atoms with Gasteiger partial charge in [0.2, 0.25) is 0 Å². The van der Waals surface area contributed by atoms with Crippen LogP contribution in [0.3, 0.4) is 0 Å². The number of ether oxygens (including phenoxy) is 3. The average molecular weight is 535 g/mol. The third kappa shape index (κ3) is 5.98. The van der Waals surface area contributed by atoms with E-state index in [4.69, 9.17) is 25.8 Å². The summed E-state index contributed by atoms with van der Waals surface area (Å²) in [4.78, 5) is 39.4. The van der Waals surface area contributed by atoms with E-state index in [2.05, 4.69) is 5.32 Å². The Morgan fingerprint density at radius 3 is 2.34 bits per heavy atom. The van der Waals surface area contributed by atoms with Crippen molar-refractivity contribution in [2.45, 2.75) is 26.9 Å². The van der Waals surface area contributed by atoms with Crippen molar-refractivity contribution in [1.82, 2.24) is 5.32 Å². The van der Waals surface area contributed by atoms with Gasteiger partial charge < -0.3 is 14.2 Å². The molecule has 38 heavy (non-hydrogen) atoms. The van der Waals surface area contributed by atoms with Gasteiger partial charge in [-0.05, 0) is 66.9 Å². The van der Waals surface area contributed by atoms with Crippen LogP contribution < -0.4 is 24.4 Å². The van der Waals surface area contributed by atoms with Crippen molar-refractivity contribution in [1.29, 1.82) is 0 Å². The molecule has 1 aliphatic rings. The molecule has 1 heterocycles. The number of amides is 4. The highest BCUT2D eigenvalue weighted by Crippen LogP contribution is 2.37. The smallest absolute Gasteiger partial charge is 0.335 e. The van der Waals surface area contributed by atoms with E-state index in [0.29, 0.717) is 36.0 Å². The topological polar surface area (TPSA) is 94.2 Å². The van der Waals surface area contributed by atoms with Crippen molar-refractivity contribution < 1.29 is 28.6 Å². The monoisotopic (exact) mass is 534 g/mol. The summed E-state index contributed by atoms with van der Waals surface area (Å²) in [6.07, 6.45) is 2.14. The fourth-order valence-corrected chi connectivity index (χ4v) is 4.04. The number of anilines is 1. The Labute approximate surface area is 225 Å². The normalized spacial score (nSPS) is 14.5. The molecular weight excluding hydrogens is 508 g/mol. The highest BCUT2D eigenvalue weighted by molar-refractivity contribution is 6.39. The maximum atomic E-state index is 13.3. The fraction of sp³-hybridized carbons (Fsp3) is 0.207.